The summed E-state index contributed by atoms with van der Waals surface area (Å²) < 4.78 is 0. The minimum Gasteiger partial charge on any atom is -0.506 e. The lowest BCUT2D eigenvalue weighted by Crippen LogP contribution is -2.37. The molecule has 20 heavy (non-hydrogen) atoms. The van der Waals surface area contributed by atoms with Gasteiger partial charge in [0.1, 0.15) is 11.5 Å². The van der Waals surface area contributed by atoms with Crippen molar-refractivity contribution in [3.63, 3.8) is 0 Å². The molecule has 0 aromatic heterocycles. The van der Waals surface area contributed by atoms with E-state index in [0.29, 0.717) is 0 Å². The maximum atomic E-state index is 12.0. The summed E-state index contributed by atoms with van der Waals surface area (Å²) in [5.74, 6) is -2.69. The highest BCUT2D eigenvalue weighted by Gasteiger charge is 2.26. The number of anilines is 2. The van der Waals surface area contributed by atoms with Crippen molar-refractivity contribution < 1.29 is 19.8 Å². The lowest BCUT2D eigenvalue weighted by Gasteiger charge is -2.22. The fourth-order valence-corrected chi connectivity index (χ4v) is 1.77. The summed E-state index contributed by atoms with van der Waals surface area (Å²) in [6.07, 6.45) is 0. The molecule has 6 heteroatoms. The molecule has 0 heterocycles. The van der Waals surface area contributed by atoms with Crippen molar-refractivity contribution >= 4 is 23.2 Å². The Morgan fingerprint density at radius 2 is 1.25 bits per heavy atom. The molecule has 0 aliphatic heterocycles. The molecule has 2 rings (SSSR count). The Kier molecular flexibility index (Phi) is 3.56. The molecule has 0 fully saturated rings. The number of rotatable bonds is 2. The van der Waals surface area contributed by atoms with Gasteiger partial charge in [-0.2, -0.15) is 0 Å². The van der Waals surface area contributed by atoms with E-state index in [9.17, 15) is 19.8 Å². The Morgan fingerprint density at radius 3 is 1.60 bits per heavy atom. The number of aromatic hydroxyl groups is 2. The smallest absolute Gasteiger partial charge is 0.320 e. The molecule has 0 spiro atoms. The predicted octanol–water partition coefficient (Wildman–Crippen LogP) is 1.25. The molecule has 2 aromatic rings. The van der Waals surface area contributed by atoms with Crippen LogP contribution < -0.4 is 10.6 Å². The number of phenols is 2. The third-order valence-corrected chi connectivity index (χ3v) is 2.66. The van der Waals surface area contributed by atoms with Gasteiger partial charge in [-0.3, -0.25) is 14.5 Å². The zero-order valence-corrected chi connectivity index (χ0v) is 10.4. The Balaban J connectivity index is 2.63. The molecule has 2 aromatic carbocycles. The fraction of sp³-hybridized carbons (Fsp3) is 0. The molecule has 0 aliphatic rings. The molecule has 2 amide bonds. The van der Waals surface area contributed by atoms with Gasteiger partial charge in [-0.05, 0) is 24.3 Å². The third kappa shape index (κ3) is 2.39. The van der Waals surface area contributed by atoms with Crippen LogP contribution in [0.3, 0.4) is 0 Å². The number of para-hydroxylation sites is 4. The molecule has 0 bridgehead atoms. The van der Waals surface area contributed by atoms with Gasteiger partial charge in [0.25, 0.3) is 0 Å². The number of primary amides is 1. The number of benzene rings is 2. The third-order valence-electron chi connectivity index (χ3n) is 2.66. The summed E-state index contributed by atoms with van der Waals surface area (Å²) in [7, 11) is 0. The van der Waals surface area contributed by atoms with Crippen molar-refractivity contribution in [1.82, 2.24) is 0 Å². The summed E-state index contributed by atoms with van der Waals surface area (Å²) in [6, 6.07) is 11.9. The monoisotopic (exact) mass is 272 g/mol. The van der Waals surface area contributed by atoms with Crippen molar-refractivity contribution in [2.45, 2.75) is 0 Å². The van der Waals surface area contributed by atoms with Crippen LogP contribution in [0, 0.1) is 0 Å². The second-order valence-electron chi connectivity index (χ2n) is 3.98. The predicted molar refractivity (Wildman–Crippen MR) is 72.6 cm³/mol. The van der Waals surface area contributed by atoms with Gasteiger partial charge >= 0.3 is 11.8 Å². The van der Waals surface area contributed by atoms with Crippen LogP contribution in [0.5, 0.6) is 11.5 Å². The van der Waals surface area contributed by atoms with Crippen LogP contribution in [0.4, 0.5) is 11.4 Å². The molecule has 102 valence electrons. The molecule has 0 radical (unpaired) electrons. The number of hydrogen-bond acceptors (Lipinski definition) is 4. The Morgan fingerprint density at radius 1 is 0.850 bits per heavy atom. The zero-order valence-electron chi connectivity index (χ0n) is 10.4. The number of nitrogens with zero attached hydrogens (tertiary/aromatic N) is 1. The van der Waals surface area contributed by atoms with E-state index in [0.717, 1.165) is 4.90 Å². The van der Waals surface area contributed by atoms with E-state index in [1.807, 2.05) is 0 Å². The normalized spacial score (nSPS) is 10.0. The second-order valence-corrected chi connectivity index (χ2v) is 3.98. The van der Waals surface area contributed by atoms with E-state index < -0.39 is 11.8 Å². The minimum absolute atomic E-state index is 0.0535. The first-order valence-electron chi connectivity index (χ1n) is 5.72. The van der Waals surface area contributed by atoms with Crippen molar-refractivity contribution in [2.75, 3.05) is 4.90 Å². The van der Waals surface area contributed by atoms with Crippen LogP contribution >= 0.6 is 0 Å². The van der Waals surface area contributed by atoms with E-state index in [-0.39, 0.29) is 22.9 Å². The van der Waals surface area contributed by atoms with Crippen molar-refractivity contribution in [3.05, 3.63) is 48.5 Å². The van der Waals surface area contributed by atoms with E-state index in [1.165, 1.54) is 24.3 Å². The summed E-state index contributed by atoms with van der Waals surface area (Å²) >= 11 is 0. The number of amides is 2. The number of hydrogen-bond donors (Lipinski definition) is 3. The van der Waals surface area contributed by atoms with Crippen LogP contribution in [0.2, 0.25) is 0 Å². The number of nitrogens with two attached hydrogens (primary N) is 1. The maximum Gasteiger partial charge on any atom is 0.320 e. The molecule has 0 saturated carbocycles. The maximum absolute atomic E-state index is 12.0. The lowest BCUT2D eigenvalue weighted by molar-refractivity contribution is -0.135. The van der Waals surface area contributed by atoms with Gasteiger partial charge in [-0.1, -0.05) is 24.3 Å². The second kappa shape index (κ2) is 5.31. The van der Waals surface area contributed by atoms with Crippen molar-refractivity contribution in [1.29, 1.82) is 0 Å². The highest BCUT2D eigenvalue weighted by molar-refractivity contribution is 6.41. The van der Waals surface area contributed by atoms with Gasteiger partial charge in [0.05, 0.1) is 11.4 Å². The van der Waals surface area contributed by atoms with Crippen LogP contribution in [0.25, 0.3) is 0 Å². The van der Waals surface area contributed by atoms with Crippen molar-refractivity contribution in [3.8, 4) is 11.5 Å². The highest BCUT2D eigenvalue weighted by atomic mass is 16.3. The first-order valence-corrected chi connectivity index (χ1v) is 5.72. The van der Waals surface area contributed by atoms with Gasteiger partial charge in [0.15, 0.2) is 0 Å². The zero-order chi connectivity index (χ0) is 14.7. The van der Waals surface area contributed by atoms with Crippen molar-refractivity contribution in [2.24, 2.45) is 5.73 Å². The average Bonchev–Trinajstić information content (AvgIpc) is 2.43. The standard InChI is InChI=1S/C14H12N2O4/c15-13(19)14(20)16(9-5-1-3-7-11(9)17)10-6-2-4-8-12(10)18/h1-8,17-18H,(H2,15,19). The number of carbonyl (C=O) groups excluding carboxylic acids is 2. The minimum atomic E-state index is -1.20. The Hall–Kier alpha value is -3.02. The van der Waals surface area contributed by atoms with Crippen LogP contribution in [0.15, 0.2) is 48.5 Å². The Labute approximate surface area is 114 Å². The molecule has 0 saturated heterocycles. The van der Waals surface area contributed by atoms with E-state index >= 15 is 0 Å². The number of phenolic OH excluding ortho intramolecular Hbond substituents is 2. The number of carbonyl (C=O) groups is 2. The van der Waals surface area contributed by atoms with Gasteiger partial charge in [0.2, 0.25) is 0 Å². The van der Waals surface area contributed by atoms with Gasteiger partial charge < -0.3 is 15.9 Å². The molecule has 4 N–H and O–H groups in total. The quantitative estimate of drug-likeness (QED) is 0.715. The highest BCUT2D eigenvalue weighted by Crippen LogP contribution is 2.37. The Bertz CT molecular complexity index is 624. The first-order chi connectivity index (χ1) is 9.52. The molecule has 0 atom stereocenters. The van der Waals surface area contributed by atoms with Crippen LogP contribution in [-0.2, 0) is 9.59 Å². The summed E-state index contributed by atoms with van der Waals surface area (Å²) in [5, 5.41) is 19.7. The largest absolute Gasteiger partial charge is 0.506 e. The molecule has 6 nitrogen and oxygen atoms in total. The summed E-state index contributed by atoms with van der Waals surface area (Å²) in [4.78, 5) is 24.0. The van der Waals surface area contributed by atoms with Gasteiger partial charge in [-0.25, -0.2) is 0 Å². The lowest BCUT2D eigenvalue weighted by atomic mass is 10.2. The fourth-order valence-electron chi connectivity index (χ4n) is 1.77. The molecular weight excluding hydrogens is 260 g/mol. The molecular formula is C14H12N2O4. The molecule has 0 aliphatic carbocycles. The SMILES string of the molecule is NC(=O)C(=O)N(c1ccccc1O)c1ccccc1O. The van der Waals surface area contributed by atoms with Crippen LogP contribution in [-0.4, -0.2) is 22.0 Å². The first kappa shape index (κ1) is 13.4. The van der Waals surface area contributed by atoms with Crippen LogP contribution in [0.1, 0.15) is 0 Å². The van der Waals surface area contributed by atoms with E-state index in [2.05, 4.69) is 0 Å². The summed E-state index contributed by atoms with van der Waals surface area (Å²) in [5.41, 5.74) is 5.13. The van der Waals surface area contributed by atoms with E-state index in [1.54, 1.807) is 24.3 Å². The van der Waals surface area contributed by atoms with Gasteiger partial charge in [0, 0.05) is 0 Å². The topological polar surface area (TPSA) is 104 Å². The molecule has 0 unspecified atom stereocenters. The summed E-state index contributed by atoms with van der Waals surface area (Å²) in [6.45, 7) is 0. The average molecular weight is 272 g/mol. The van der Waals surface area contributed by atoms with Gasteiger partial charge in [-0.15, -0.1) is 0 Å². The van der Waals surface area contributed by atoms with E-state index in [4.69, 9.17) is 5.73 Å².